The van der Waals surface area contributed by atoms with E-state index in [4.69, 9.17) is 17.3 Å². The van der Waals surface area contributed by atoms with Gasteiger partial charge in [0, 0.05) is 5.02 Å². The number of rotatable bonds is 3. The monoisotopic (exact) mass is 269 g/mol. The third-order valence-electron chi connectivity index (χ3n) is 2.39. The highest BCUT2D eigenvalue weighted by molar-refractivity contribution is 6.30. The molecule has 0 saturated carbocycles. The lowest BCUT2D eigenvalue weighted by atomic mass is 10.1. The molecule has 2 aromatic rings. The molecule has 0 amide bonds. The molecule has 0 heterocycles. The van der Waals surface area contributed by atoms with E-state index in [1.165, 1.54) is 12.1 Å². The van der Waals surface area contributed by atoms with Crippen molar-refractivity contribution < 1.29 is 13.5 Å². The van der Waals surface area contributed by atoms with Crippen LogP contribution in [0.25, 0.3) is 11.1 Å². The molecule has 0 aliphatic heterocycles. The minimum atomic E-state index is -2.90. The molecule has 0 aliphatic carbocycles. The fraction of sp³-hybridized carbons (Fsp3) is 0.0769. The number of nitrogen functional groups attached to an aromatic ring is 1. The van der Waals surface area contributed by atoms with E-state index in [1.807, 2.05) is 6.07 Å². The second-order valence-corrected chi connectivity index (χ2v) is 4.08. The second-order valence-electron chi connectivity index (χ2n) is 3.64. The van der Waals surface area contributed by atoms with Gasteiger partial charge in [0.15, 0.2) is 0 Å². The van der Waals surface area contributed by atoms with Crippen LogP contribution in [-0.4, -0.2) is 6.61 Å². The predicted molar refractivity (Wildman–Crippen MR) is 67.9 cm³/mol. The van der Waals surface area contributed by atoms with E-state index >= 15 is 0 Å². The fourth-order valence-electron chi connectivity index (χ4n) is 1.58. The molecule has 0 radical (unpaired) electrons. The summed E-state index contributed by atoms with van der Waals surface area (Å²) in [6.45, 7) is -2.90. The largest absolute Gasteiger partial charge is 0.433 e. The molecule has 2 rings (SSSR count). The van der Waals surface area contributed by atoms with Crippen molar-refractivity contribution in [3.63, 3.8) is 0 Å². The van der Waals surface area contributed by atoms with Crippen LogP contribution in [0.4, 0.5) is 14.5 Å². The van der Waals surface area contributed by atoms with Crippen molar-refractivity contribution in [1.29, 1.82) is 0 Å². The third-order valence-corrected chi connectivity index (χ3v) is 2.62. The van der Waals surface area contributed by atoms with Crippen LogP contribution in [0.5, 0.6) is 5.75 Å². The first kappa shape index (κ1) is 12.6. The maximum Gasteiger partial charge on any atom is 0.387 e. The lowest BCUT2D eigenvalue weighted by Crippen LogP contribution is -2.04. The van der Waals surface area contributed by atoms with E-state index in [0.29, 0.717) is 10.6 Å². The topological polar surface area (TPSA) is 35.2 Å². The van der Waals surface area contributed by atoms with Gasteiger partial charge in [-0.2, -0.15) is 8.78 Å². The van der Waals surface area contributed by atoms with Gasteiger partial charge in [-0.3, -0.25) is 0 Å². The van der Waals surface area contributed by atoms with Gasteiger partial charge in [-0.15, -0.1) is 0 Å². The Hall–Kier alpha value is -1.81. The van der Waals surface area contributed by atoms with Crippen LogP contribution in [0.2, 0.25) is 5.02 Å². The first-order valence-corrected chi connectivity index (χ1v) is 5.54. The van der Waals surface area contributed by atoms with Crippen LogP contribution >= 0.6 is 11.6 Å². The zero-order chi connectivity index (χ0) is 13.1. The molecule has 0 atom stereocenters. The summed E-state index contributed by atoms with van der Waals surface area (Å²) in [5.74, 6) is -0.0394. The van der Waals surface area contributed by atoms with E-state index in [0.717, 1.165) is 5.56 Å². The summed E-state index contributed by atoms with van der Waals surface area (Å²) in [4.78, 5) is 0. The van der Waals surface area contributed by atoms with Crippen molar-refractivity contribution in [2.24, 2.45) is 0 Å². The standard InChI is InChI=1S/C13H10ClF2NO/c14-10-3-1-2-8(6-10)9-4-5-11(17)12(7-9)18-13(15)16/h1-7,13H,17H2. The summed E-state index contributed by atoms with van der Waals surface area (Å²) in [5.41, 5.74) is 7.25. The van der Waals surface area contributed by atoms with Crippen molar-refractivity contribution in [2.75, 3.05) is 5.73 Å². The molecule has 18 heavy (non-hydrogen) atoms. The van der Waals surface area contributed by atoms with Gasteiger partial charge in [-0.05, 0) is 35.4 Å². The van der Waals surface area contributed by atoms with Crippen molar-refractivity contribution in [1.82, 2.24) is 0 Å². The minimum Gasteiger partial charge on any atom is -0.433 e. The summed E-state index contributed by atoms with van der Waals surface area (Å²) in [6.07, 6.45) is 0. The quantitative estimate of drug-likeness (QED) is 0.848. The van der Waals surface area contributed by atoms with E-state index in [9.17, 15) is 8.78 Å². The zero-order valence-electron chi connectivity index (χ0n) is 9.24. The molecule has 0 spiro atoms. The summed E-state index contributed by atoms with van der Waals surface area (Å²) < 4.78 is 28.7. The van der Waals surface area contributed by atoms with Gasteiger partial charge in [-0.25, -0.2) is 0 Å². The van der Waals surface area contributed by atoms with Crippen molar-refractivity contribution >= 4 is 17.3 Å². The molecule has 0 fully saturated rings. The minimum absolute atomic E-state index is 0.0394. The van der Waals surface area contributed by atoms with Gasteiger partial charge in [0.2, 0.25) is 0 Å². The molecule has 0 aliphatic rings. The number of hydrogen-bond donors (Lipinski definition) is 1. The highest BCUT2D eigenvalue weighted by Crippen LogP contribution is 2.31. The SMILES string of the molecule is Nc1ccc(-c2cccc(Cl)c2)cc1OC(F)F. The molecule has 2 N–H and O–H groups in total. The van der Waals surface area contributed by atoms with Gasteiger partial charge in [0.25, 0.3) is 0 Å². The predicted octanol–water partition coefficient (Wildman–Crippen LogP) is 4.19. The number of alkyl halides is 2. The van der Waals surface area contributed by atoms with E-state index in [-0.39, 0.29) is 11.4 Å². The molecule has 2 aromatic carbocycles. The molecule has 2 nitrogen and oxygen atoms in total. The maximum absolute atomic E-state index is 12.2. The highest BCUT2D eigenvalue weighted by atomic mass is 35.5. The Kier molecular flexibility index (Phi) is 3.67. The Bertz CT molecular complexity index is 560. The molecule has 0 unspecified atom stereocenters. The molecule has 94 valence electrons. The number of benzene rings is 2. The lowest BCUT2D eigenvalue weighted by molar-refractivity contribution is -0.0492. The second kappa shape index (κ2) is 5.23. The Morgan fingerprint density at radius 2 is 1.78 bits per heavy atom. The molecule has 5 heteroatoms. The average molecular weight is 270 g/mol. The van der Waals surface area contributed by atoms with Gasteiger partial charge >= 0.3 is 6.61 Å². The summed E-state index contributed by atoms with van der Waals surface area (Å²) in [5, 5.41) is 0.570. The Labute approximate surface area is 108 Å². The van der Waals surface area contributed by atoms with E-state index < -0.39 is 6.61 Å². The van der Waals surface area contributed by atoms with Crippen molar-refractivity contribution in [3.8, 4) is 16.9 Å². The summed E-state index contributed by atoms with van der Waals surface area (Å²) in [7, 11) is 0. The van der Waals surface area contributed by atoms with E-state index in [2.05, 4.69) is 4.74 Å². The lowest BCUT2D eigenvalue weighted by Gasteiger charge is -2.10. The first-order chi connectivity index (χ1) is 8.56. The highest BCUT2D eigenvalue weighted by Gasteiger charge is 2.09. The Morgan fingerprint density at radius 3 is 2.44 bits per heavy atom. The van der Waals surface area contributed by atoms with Gasteiger partial charge < -0.3 is 10.5 Å². The maximum atomic E-state index is 12.2. The molecule has 0 saturated heterocycles. The van der Waals surface area contributed by atoms with Crippen molar-refractivity contribution in [3.05, 3.63) is 47.5 Å². The normalized spacial score (nSPS) is 10.7. The zero-order valence-corrected chi connectivity index (χ0v) is 9.99. The van der Waals surface area contributed by atoms with Crippen LogP contribution < -0.4 is 10.5 Å². The Balaban J connectivity index is 2.40. The number of anilines is 1. The number of halogens is 3. The first-order valence-electron chi connectivity index (χ1n) is 5.16. The number of ether oxygens (including phenoxy) is 1. The number of nitrogens with two attached hydrogens (primary N) is 1. The van der Waals surface area contributed by atoms with Crippen LogP contribution in [0, 0.1) is 0 Å². The van der Waals surface area contributed by atoms with Crippen LogP contribution in [0.3, 0.4) is 0 Å². The van der Waals surface area contributed by atoms with Crippen LogP contribution in [-0.2, 0) is 0 Å². The van der Waals surface area contributed by atoms with Crippen LogP contribution in [0.15, 0.2) is 42.5 Å². The fourth-order valence-corrected chi connectivity index (χ4v) is 1.77. The van der Waals surface area contributed by atoms with Gasteiger partial charge in [0.1, 0.15) is 5.75 Å². The smallest absolute Gasteiger partial charge is 0.387 e. The van der Waals surface area contributed by atoms with Crippen LogP contribution in [0.1, 0.15) is 0 Å². The third kappa shape index (κ3) is 2.90. The van der Waals surface area contributed by atoms with Gasteiger partial charge in [-0.1, -0.05) is 29.8 Å². The number of hydrogen-bond acceptors (Lipinski definition) is 2. The molecule has 0 aromatic heterocycles. The van der Waals surface area contributed by atoms with Gasteiger partial charge in [0.05, 0.1) is 5.69 Å². The Morgan fingerprint density at radius 1 is 1.06 bits per heavy atom. The van der Waals surface area contributed by atoms with Crippen molar-refractivity contribution in [2.45, 2.75) is 6.61 Å². The summed E-state index contributed by atoms with van der Waals surface area (Å²) >= 11 is 5.87. The molecular formula is C13H10ClF2NO. The molecular weight excluding hydrogens is 260 g/mol. The van der Waals surface area contributed by atoms with E-state index in [1.54, 1.807) is 24.3 Å². The molecule has 0 bridgehead atoms. The average Bonchev–Trinajstić information content (AvgIpc) is 2.31. The summed E-state index contributed by atoms with van der Waals surface area (Å²) in [6, 6.07) is 11.8.